The van der Waals surface area contributed by atoms with Crippen LogP contribution in [0.3, 0.4) is 0 Å². The zero-order valence-corrected chi connectivity index (χ0v) is 14.4. The summed E-state index contributed by atoms with van der Waals surface area (Å²) in [5.74, 6) is -1.86. The van der Waals surface area contributed by atoms with Gasteiger partial charge in [-0.25, -0.2) is 4.39 Å². The van der Waals surface area contributed by atoms with Crippen LogP contribution in [0.1, 0.15) is 17.3 Å². The first kappa shape index (κ1) is 19.1. The number of morpholine rings is 1. The van der Waals surface area contributed by atoms with Gasteiger partial charge in [0.25, 0.3) is 5.91 Å². The SMILES string of the molecule is CCOc1c(F)cccc1C(=O)N1CCOC(CN(C)CC(=O)O)C1. The minimum absolute atomic E-state index is 0.0407. The maximum atomic E-state index is 14.0. The number of rotatable bonds is 7. The highest BCUT2D eigenvalue weighted by atomic mass is 19.1. The summed E-state index contributed by atoms with van der Waals surface area (Å²) in [5.41, 5.74) is 0.182. The molecule has 1 aliphatic rings. The van der Waals surface area contributed by atoms with E-state index in [1.54, 1.807) is 23.8 Å². The number of halogens is 1. The summed E-state index contributed by atoms with van der Waals surface area (Å²) in [6.07, 6.45) is -0.300. The summed E-state index contributed by atoms with van der Waals surface area (Å²) < 4.78 is 24.9. The first-order valence-electron chi connectivity index (χ1n) is 8.14. The molecule has 1 unspecified atom stereocenters. The third kappa shape index (κ3) is 5.14. The van der Waals surface area contributed by atoms with Crippen LogP contribution in [-0.2, 0) is 9.53 Å². The Kier molecular flexibility index (Phi) is 6.72. The van der Waals surface area contributed by atoms with Gasteiger partial charge in [-0.15, -0.1) is 0 Å². The van der Waals surface area contributed by atoms with Crippen molar-refractivity contribution in [3.8, 4) is 5.75 Å². The number of para-hydroxylation sites is 1. The first-order chi connectivity index (χ1) is 11.9. The third-order valence-electron chi connectivity index (χ3n) is 3.83. The Balaban J connectivity index is 2.07. The number of benzene rings is 1. The zero-order chi connectivity index (χ0) is 18.4. The Labute approximate surface area is 145 Å². The maximum Gasteiger partial charge on any atom is 0.317 e. The fourth-order valence-corrected chi connectivity index (χ4v) is 2.80. The second kappa shape index (κ2) is 8.77. The lowest BCUT2D eigenvalue weighted by Gasteiger charge is -2.34. The molecule has 2 rings (SSSR count). The van der Waals surface area contributed by atoms with Gasteiger partial charge in [0.1, 0.15) is 0 Å². The van der Waals surface area contributed by atoms with Gasteiger partial charge in [0.05, 0.1) is 31.4 Å². The zero-order valence-electron chi connectivity index (χ0n) is 14.4. The normalized spacial score (nSPS) is 17.6. The standard InChI is InChI=1S/C17H23FN2O5/c1-3-24-16-13(5-4-6-14(16)18)17(23)20-7-8-25-12(10-20)9-19(2)11-15(21)22/h4-6,12H,3,7-11H2,1-2H3,(H,21,22). The largest absolute Gasteiger partial charge is 0.490 e. The van der Waals surface area contributed by atoms with E-state index < -0.39 is 11.8 Å². The summed E-state index contributed by atoms with van der Waals surface area (Å²) in [6.45, 7) is 3.31. The van der Waals surface area contributed by atoms with E-state index in [9.17, 15) is 14.0 Å². The number of nitrogens with zero attached hydrogens (tertiary/aromatic N) is 2. The molecule has 0 bridgehead atoms. The monoisotopic (exact) mass is 354 g/mol. The van der Waals surface area contributed by atoms with Crippen molar-refractivity contribution in [1.29, 1.82) is 0 Å². The summed E-state index contributed by atoms with van der Waals surface area (Å²) >= 11 is 0. The molecule has 0 aliphatic carbocycles. The van der Waals surface area contributed by atoms with Gasteiger partial charge in [0.15, 0.2) is 11.6 Å². The third-order valence-corrected chi connectivity index (χ3v) is 3.83. The average Bonchev–Trinajstić information content (AvgIpc) is 2.55. The van der Waals surface area contributed by atoms with Crippen molar-refractivity contribution in [3.63, 3.8) is 0 Å². The number of carbonyl (C=O) groups is 2. The molecular weight excluding hydrogens is 331 g/mol. The van der Waals surface area contributed by atoms with Crippen LogP contribution in [0.4, 0.5) is 4.39 Å². The smallest absolute Gasteiger partial charge is 0.317 e. The van der Waals surface area contributed by atoms with Crippen LogP contribution in [0.5, 0.6) is 5.75 Å². The van der Waals surface area contributed by atoms with E-state index in [4.69, 9.17) is 14.6 Å². The molecule has 1 aliphatic heterocycles. The summed E-state index contributed by atoms with van der Waals surface area (Å²) in [5, 5.41) is 8.81. The number of hydrogen-bond donors (Lipinski definition) is 1. The molecule has 7 nitrogen and oxygen atoms in total. The lowest BCUT2D eigenvalue weighted by molar-refractivity contribution is -0.138. The van der Waals surface area contributed by atoms with Crippen molar-refractivity contribution >= 4 is 11.9 Å². The molecule has 1 aromatic carbocycles. The predicted molar refractivity (Wildman–Crippen MR) is 88.3 cm³/mol. The first-order valence-corrected chi connectivity index (χ1v) is 8.14. The maximum absolute atomic E-state index is 14.0. The fourth-order valence-electron chi connectivity index (χ4n) is 2.80. The summed E-state index contributed by atoms with van der Waals surface area (Å²) in [7, 11) is 1.68. The molecule has 138 valence electrons. The topological polar surface area (TPSA) is 79.3 Å². The number of hydrogen-bond acceptors (Lipinski definition) is 5. The molecule has 0 saturated carbocycles. The number of amides is 1. The van der Waals surface area contributed by atoms with E-state index in [1.807, 2.05) is 0 Å². The highest BCUT2D eigenvalue weighted by molar-refractivity contribution is 5.97. The Morgan fingerprint density at radius 1 is 1.48 bits per heavy atom. The second-order valence-corrected chi connectivity index (χ2v) is 5.88. The molecule has 25 heavy (non-hydrogen) atoms. The molecule has 0 aromatic heterocycles. The summed E-state index contributed by atoms with van der Waals surface area (Å²) in [6, 6.07) is 4.27. The van der Waals surface area contributed by atoms with E-state index in [1.165, 1.54) is 18.2 Å². The Hall–Kier alpha value is -2.19. The van der Waals surface area contributed by atoms with Crippen LogP contribution >= 0.6 is 0 Å². The lowest BCUT2D eigenvalue weighted by Crippen LogP contribution is -2.49. The van der Waals surface area contributed by atoms with Gasteiger partial charge in [-0.1, -0.05) is 6.07 Å². The molecule has 1 saturated heterocycles. The van der Waals surface area contributed by atoms with E-state index in [0.29, 0.717) is 26.2 Å². The van der Waals surface area contributed by atoms with Crippen LogP contribution in [0.2, 0.25) is 0 Å². The van der Waals surface area contributed by atoms with Gasteiger partial charge in [-0.2, -0.15) is 0 Å². The van der Waals surface area contributed by atoms with Crippen LogP contribution in [0, 0.1) is 5.82 Å². The average molecular weight is 354 g/mol. The molecule has 8 heteroatoms. The molecular formula is C17H23FN2O5. The van der Waals surface area contributed by atoms with Crippen LogP contribution in [0.15, 0.2) is 18.2 Å². The summed E-state index contributed by atoms with van der Waals surface area (Å²) in [4.78, 5) is 26.7. The van der Waals surface area contributed by atoms with Gasteiger partial charge >= 0.3 is 5.97 Å². The van der Waals surface area contributed by atoms with Crippen molar-refractivity contribution in [2.45, 2.75) is 13.0 Å². The highest BCUT2D eigenvalue weighted by Crippen LogP contribution is 2.25. The number of likely N-dealkylation sites (N-methyl/N-ethyl adjacent to an activating group) is 1. The quantitative estimate of drug-likeness (QED) is 0.789. The fraction of sp³-hybridized carbons (Fsp3) is 0.529. The predicted octanol–water partition coefficient (Wildman–Crippen LogP) is 1.08. The Morgan fingerprint density at radius 2 is 2.24 bits per heavy atom. The van der Waals surface area contributed by atoms with Crippen molar-refractivity contribution in [2.24, 2.45) is 0 Å². The van der Waals surface area contributed by atoms with Crippen LogP contribution in [-0.4, -0.2) is 79.3 Å². The van der Waals surface area contributed by atoms with Gasteiger partial charge in [0.2, 0.25) is 0 Å². The Bertz CT molecular complexity index is 625. The van der Waals surface area contributed by atoms with E-state index >= 15 is 0 Å². The van der Waals surface area contributed by atoms with E-state index in [2.05, 4.69) is 0 Å². The highest BCUT2D eigenvalue weighted by Gasteiger charge is 2.28. The molecule has 1 aromatic rings. The number of carbonyl (C=O) groups excluding carboxylic acids is 1. The van der Waals surface area contributed by atoms with Gasteiger partial charge in [-0.05, 0) is 26.1 Å². The number of ether oxygens (including phenoxy) is 2. The minimum atomic E-state index is -0.924. The van der Waals surface area contributed by atoms with Gasteiger partial charge in [-0.3, -0.25) is 14.5 Å². The molecule has 0 radical (unpaired) electrons. The number of carboxylic acids is 1. The molecule has 1 atom stereocenters. The number of aliphatic carboxylic acids is 1. The Morgan fingerprint density at radius 3 is 2.92 bits per heavy atom. The van der Waals surface area contributed by atoms with Crippen molar-refractivity contribution in [1.82, 2.24) is 9.80 Å². The molecule has 0 spiro atoms. The lowest BCUT2D eigenvalue weighted by atomic mass is 10.1. The minimum Gasteiger partial charge on any atom is -0.490 e. The van der Waals surface area contributed by atoms with Gasteiger partial charge in [0, 0.05) is 19.6 Å². The molecule has 1 amide bonds. The van der Waals surface area contributed by atoms with Crippen LogP contribution < -0.4 is 4.74 Å². The molecule has 1 N–H and O–H groups in total. The molecule has 1 heterocycles. The van der Waals surface area contributed by atoms with E-state index in [-0.39, 0.29) is 36.5 Å². The van der Waals surface area contributed by atoms with Crippen LogP contribution in [0.25, 0.3) is 0 Å². The van der Waals surface area contributed by atoms with Crippen molar-refractivity contribution in [3.05, 3.63) is 29.6 Å². The van der Waals surface area contributed by atoms with Crippen molar-refractivity contribution in [2.75, 3.05) is 46.4 Å². The van der Waals surface area contributed by atoms with E-state index in [0.717, 1.165) is 0 Å². The molecule has 1 fully saturated rings. The number of carboxylic acid groups (broad SMARTS) is 1. The second-order valence-electron chi connectivity index (χ2n) is 5.88. The van der Waals surface area contributed by atoms with Crippen molar-refractivity contribution < 1.29 is 28.6 Å². The van der Waals surface area contributed by atoms with Gasteiger partial charge < -0.3 is 19.5 Å².